The molecule has 0 saturated heterocycles. The summed E-state index contributed by atoms with van der Waals surface area (Å²) in [7, 11) is 0. The maximum Gasteiger partial charge on any atom is 0.0752 e. The molecule has 0 aromatic heterocycles. The zero-order valence-corrected chi connectivity index (χ0v) is 23.2. The first-order valence-electron chi connectivity index (χ1n) is 14.5. The van der Waals surface area contributed by atoms with Crippen molar-refractivity contribution in [2.24, 2.45) is 0 Å². The number of fused-ring (bicyclic) bond motifs is 3. The third kappa shape index (κ3) is 4.36. The van der Waals surface area contributed by atoms with Crippen molar-refractivity contribution in [3.8, 4) is 11.1 Å². The molecule has 0 heteroatoms. The Bertz CT molecular complexity index is 1650. The molecule has 42 heavy (non-hydrogen) atoms. The molecule has 0 unspecified atom stereocenters. The lowest BCUT2D eigenvalue weighted by atomic mass is 9.84. The van der Waals surface area contributed by atoms with Crippen LogP contribution in [0.2, 0.25) is 0 Å². The Labute approximate surface area is 250 Å². The van der Waals surface area contributed by atoms with E-state index in [1.165, 1.54) is 78.6 Å². The van der Waals surface area contributed by atoms with E-state index in [1.807, 2.05) is 0 Å². The molecule has 2 aromatic carbocycles. The highest BCUT2D eigenvalue weighted by Gasteiger charge is 2.37. The van der Waals surface area contributed by atoms with Gasteiger partial charge < -0.3 is 0 Å². The average Bonchev–Trinajstić information content (AvgIpc) is 3.83. The number of allylic oxidation sites excluding steroid dienone is 6. The van der Waals surface area contributed by atoms with E-state index in [9.17, 15) is 0 Å². The van der Waals surface area contributed by atoms with Crippen LogP contribution in [0.3, 0.4) is 0 Å². The molecule has 6 aliphatic carbocycles. The van der Waals surface area contributed by atoms with Gasteiger partial charge in [0.05, 0.1) is 33.4 Å². The van der Waals surface area contributed by atoms with Gasteiger partial charge in [0.15, 0.2) is 0 Å². The van der Waals surface area contributed by atoms with E-state index in [-0.39, 0.29) is 0 Å². The summed E-state index contributed by atoms with van der Waals surface area (Å²) < 4.78 is 0. The van der Waals surface area contributed by atoms with E-state index in [4.69, 9.17) is 0 Å². The number of hydrogen-bond acceptors (Lipinski definition) is 0. The Kier molecular flexibility index (Phi) is 6.64. The fraction of sp³-hybridized carbons (Fsp3) is 0. The van der Waals surface area contributed by atoms with Gasteiger partial charge in [0.1, 0.15) is 0 Å². The van der Waals surface area contributed by atoms with Crippen LogP contribution in [-0.2, 0) is 0 Å². The third-order valence-electron chi connectivity index (χ3n) is 8.47. The fourth-order valence-electron chi connectivity index (χ4n) is 6.59. The van der Waals surface area contributed by atoms with E-state index in [1.54, 1.807) is 0 Å². The second-order valence-corrected chi connectivity index (χ2v) is 10.9. The summed E-state index contributed by atoms with van der Waals surface area (Å²) in [5.74, 6) is 2.47. The first-order valence-corrected chi connectivity index (χ1v) is 14.5. The predicted octanol–water partition coefficient (Wildman–Crippen LogP) is 10.0. The molecule has 2 fully saturated rings. The van der Waals surface area contributed by atoms with Crippen molar-refractivity contribution < 1.29 is 0 Å². The van der Waals surface area contributed by atoms with Crippen LogP contribution in [0.4, 0.5) is 0 Å². The molecule has 0 heterocycles. The normalized spacial score (nSPS) is 20.3. The van der Waals surface area contributed by atoms with Crippen LogP contribution in [0.5, 0.6) is 0 Å². The van der Waals surface area contributed by atoms with Crippen molar-refractivity contribution in [1.82, 2.24) is 0 Å². The molecule has 0 amide bonds. The van der Waals surface area contributed by atoms with Gasteiger partial charge in [-0.25, -0.2) is 0 Å². The molecule has 2 saturated carbocycles. The third-order valence-corrected chi connectivity index (χ3v) is 8.47. The molecule has 0 bridgehead atoms. The van der Waals surface area contributed by atoms with Gasteiger partial charge in [-0.15, -0.1) is 0 Å². The van der Waals surface area contributed by atoms with E-state index in [2.05, 4.69) is 173 Å². The summed E-state index contributed by atoms with van der Waals surface area (Å²) in [6.45, 7) is 0. The van der Waals surface area contributed by atoms with Gasteiger partial charge in [0.2, 0.25) is 0 Å². The Morgan fingerprint density at radius 1 is 0.429 bits per heavy atom. The first kappa shape index (κ1) is 25.5. The summed E-state index contributed by atoms with van der Waals surface area (Å²) in [5, 5.41) is 0. The van der Waals surface area contributed by atoms with Gasteiger partial charge in [-0.3, -0.25) is 0 Å². The summed E-state index contributed by atoms with van der Waals surface area (Å²) in [4.78, 5) is 0. The topological polar surface area (TPSA) is 0 Å². The standard InChI is InChI=1S/C42H28/c1-4-14-29-24-26-37(33(29)20-6-1)41(31-16-10-11-17-31)39-28-40(36-23-9-3-8-22-35(36)39)42(32-18-12-13-19-32)38-27-25-30-15-5-2-7-21-34(30)38/h1-28H/q+2/b41-37+,42-38+. The maximum atomic E-state index is 2.44. The lowest BCUT2D eigenvalue weighted by molar-refractivity contribution is 1.38. The van der Waals surface area contributed by atoms with Crippen LogP contribution >= 0.6 is 0 Å². The van der Waals surface area contributed by atoms with E-state index in [0.717, 1.165) is 0 Å². The van der Waals surface area contributed by atoms with Crippen molar-refractivity contribution in [3.63, 3.8) is 0 Å². The highest BCUT2D eigenvalue weighted by molar-refractivity contribution is 6.15. The minimum Gasteiger partial charge on any atom is -0.0622 e. The molecule has 10 radical (unpaired) electrons. The van der Waals surface area contributed by atoms with Gasteiger partial charge in [0, 0.05) is 70.5 Å². The quantitative estimate of drug-likeness (QED) is 0.229. The lowest BCUT2D eigenvalue weighted by Gasteiger charge is -2.14. The van der Waals surface area contributed by atoms with Crippen LogP contribution in [0.1, 0.15) is 33.4 Å². The first-order chi connectivity index (χ1) is 20.9. The second-order valence-electron chi connectivity index (χ2n) is 10.9. The van der Waals surface area contributed by atoms with Gasteiger partial charge in [-0.2, -0.15) is 0 Å². The summed E-state index contributed by atoms with van der Waals surface area (Å²) in [5.41, 5.74) is 15.1. The highest BCUT2D eigenvalue weighted by atomic mass is 14.4. The van der Waals surface area contributed by atoms with Gasteiger partial charge in [0.25, 0.3) is 0 Å². The molecule has 0 nitrogen and oxygen atoms in total. The van der Waals surface area contributed by atoms with Gasteiger partial charge in [-0.05, 0) is 117 Å². The average molecular weight is 533 g/mol. The SMILES string of the molecule is [CH]1[CH][CH][C](/C(=C2/C=Cc3ccccc[c+]32)c2cc(/C([C]3[CH][CH][CH][CH]3)=C3\C=Cc4ccccc[c+]43)c3cccccc2-3)[CH]1. The van der Waals surface area contributed by atoms with E-state index >= 15 is 0 Å². The van der Waals surface area contributed by atoms with Crippen molar-refractivity contribution >= 4 is 34.4 Å². The molecule has 2 aromatic rings. The minimum absolute atomic E-state index is 1.24. The molecule has 194 valence electrons. The van der Waals surface area contributed by atoms with Crippen molar-refractivity contribution in [1.29, 1.82) is 0 Å². The van der Waals surface area contributed by atoms with Gasteiger partial charge >= 0.3 is 0 Å². The molecule has 0 N–H and O–H groups in total. The summed E-state index contributed by atoms with van der Waals surface area (Å²) in [6, 6.07) is 35.1. The van der Waals surface area contributed by atoms with Crippen LogP contribution in [0.25, 0.3) is 45.6 Å². The van der Waals surface area contributed by atoms with Crippen LogP contribution in [0.15, 0.2) is 109 Å². The zero-order chi connectivity index (χ0) is 27.9. The number of rotatable bonds is 4. The predicted molar refractivity (Wildman–Crippen MR) is 177 cm³/mol. The lowest BCUT2D eigenvalue weighted by Crippen LogP contribution is -2.01. The summed E-state index contributed by atoms with van der Waals surface area (Å²) >= 11 is 0. The van der Waals surface area contributed by atoms with Crippen LogP contribution in [-0.4, -0.2) is 0 Å². The zero-order valence-electron chi connectivity index (χ0n) is 23.2. The molecule has 0 aliphatic heterocycles. The molecule has 0 atom stereocenters. The largest absolute Gasteiger partial charge is 0.0752 e. The smallest absolute Gasteiger partial charge is 0.0622 e. The van der Waals surface area contributed by atoms with Crippen LogP contribution < -0.4 is 0 Å². The molecule has 6 aliphatic rings. The Balaban J connectivity index is 1.42. The Morgan fingerprint density at radius 2 is 0.857 bits per heavy atom. The van der Waals surface area contributed by atoms with E-state index < -0.39 is 0 Å². The van der Waals surface area contributed by atoms with Gasteiger partial charge in [-0.1, -0.05) is 30.3 Å². The van der Waals surface area contributed by atoms with Crippen LogP contribution in [0, 0.1) is 63.2 Å². The molecular formula is C42H28+2. The second kappa shape index (κ2) is 10.9. The number of hydrogen-bond donors (Lipinski definition) is 0. The summed E-state index contributed by atoms with van der Waals surface area (Å²) in [6.07, 6.45) is 26.6. The molecular weight excluding hydrogens is 504 g/mol. The fourth-order valence-corrected chi connectivity index (χ4v) is 6.59. The monoisotopic (exact) mass is 532 g/mol. The van der Waals surface area contributed by atoms with Crippen molar-refractivity contribution in [2.45, 2.75) is 0 Å². The maximum absolute atomic E-state index is 2.44. The minimum atomic E-state index is 1.24. The Morgan fingerprint density at radius 3 is 1.33 bits per heavy atom. The van der Waals surface area contributed by atoms with Crippen molar-refractivity contribution in [3.05, 3.63) is 206 Å². The van der Waals surface area contributed by atoms with E-state index in [0.29, 0.717) is 0 Å². The van der Waals surface area contributed by atoms with Crippen molar-refractivity contribution in [2.75, 3.05) is 0 Å². The highest BCUT2D eigenvalue weighted by Crippen LogP contribution is 2.53. The Hall–Kier alpha value is -4.16. The molecule has 8 rings (SSSR count). The molecule has 0 spiro atoms.